The zero-order valence-corrected chi connectivity index (χ0v) is 26.0. The van der Waals surface area contributed by atoms with Gasteiger partial charge in [0.1, 0.15) is 36.6 Å². The molecule has 11 nitrogen and oxygen atoms in total. The first-order valence-electron chi connectivity index (χ1n) is 16.0. The van der Waals surface area contributed by atoms with Crippen LogP contribution in [0.15, 0.2) is 73.5 Å². The number of rotatable bonds is 7. The van der Waals surface area contributed by atoms with Crippen LogP contribution in [0.5, 0.6) is 17.2 Å². The van der Waals surface area contributed by atoms with Gasteiger partial charge in [0.05, 0.1) is 22.6 Å². The van der Waals surface area contributed by atoms with Gasteiger partial charge in [-0.3, -0.25) is 4.79 Å². The van der Waals surface area contributed by atoms with Gasteiger partial charge in [-0.05, 0) is 79.6 Å². The maximum absolute atomic E-state index is 13.0. The number of allylic oxidation sites excluding steroid dienone is 1. The lowest BCUT2D eigenvalue weighted by Crippen LogP contribution is -2.58. The summed E-state index contributed by atoms with van der Waals surface area (Å²) in [4.78, 5) is 30.7. The summed E-state index contributed by atoms with van der Waals surface area (Å²) in [7, 11) is 0. The van der Waals surface area contributed by atoms with Crippen LogP contribution in [0.4, 0.5) is 17.2 Å². The summed E-state index contributed by atoms with van der Waals surface area (Å²) < 4.78 is 14.3. The number of hydrogen-bond donors (Lipinski definition) is 1. The number of nitrogens with one attached hydrogen (secondary N) is 1. The van der Waals surface area contributed by atoms with Crippen LogP contribution in [-0.4, -0.2) is 67.7 Å². The van der Waals surface area contributed by atoms with Crippen LogP contribution >= 0.6 is 0 Å². The number of ether oxygens (including phenoxy) is 2. The molecule has 2 fully saturated rings. The Balaban J connectivity index is 0.990. The molecule has 5 heterocycles. The lowest BCUT2D eigenvalue weighted by molar-refractivity contribution is -0.127. The summed E-state index contributed by atoms with van der Waals surface area (Å²) in [6, 6.07) is 13.8. The standard InChI is InChI=1S/C35H36N8O3/c1-3-23-15-24(16-23)4-9-32(44)41-12-13-42-26(18-41)19-45-34-29(42)7-6-28-33(34)35(38-20-36-28)40-25-5-8-30(22(2)14-25)46-27-10-11-43-31(17-27)37-21-39-43/h4-11,14,17,20-21,23-24,26H,3,12-13,15-16,18-19H2,1-2H3,(H,36,38,40)/b9-4+. The van der Waals surface area contributed by atoms with E-state index in [1.54, 1.807) is 16.9 Å². The largest absolute Gasteiger partial charge is 0.488 e. The Hall–Kier alpha value is -5.19. The molecule has 3 aliphatic rings. The lowest BCUT2D eigenvalue weighted by atomic mass is 9.73. The van der Waals surface area contributed by atoms with E-state index in [0.717, 1.165) is 57.5 Å². The number of amides is 1. The van der Waals surface area contributed by atoms with Crippen molar-refractivity contribution in [1.82, 2.24) is 29.5 Å². The van der Waals surface area contributed by atoms with Crippen molar-refractivity contribution in [2.45, 2.75) is 39.2 Å². The molecule has 1 atom stereocenters. The maximum atomic E-state index is 13.0. The third-order valence-electron chi connectivity index (χ3n) is 9.54. The Morgan fingerprint density at radius 3 is 2.87 bits per heavy atom. The quantitative estimate of drug-likeness (QED) is 0.223. The van der Waals surface area contributed by atoms with Gasteiger partial charge < -0.3 is 24.6 Å². The number of pyridine rings is 1. The minimum atomic E-state index is 0.0888. The Morgan fingerprint density at radius 1 is 1.09 bits per heavy atom. The predicted octanol–water partition coefficient (Wildman–Crippen LogP) is 5.92. The van der Waals surface area contributed by atoms with Gasteiger partial charge in [0.2, 0.25) is 5.91 Å². The van der Waals surface area contributed by atoms with Crippen LogP contribution in [-0.2, 0) is 4.79 Å². The number of carbonyl (C=O) groups is 1. The number of benzene rings is 2. The minimum absolute atomic E-state index is 0.0888. The van der Waals surface area contributed by atoms with Crippen molar-refractivity contribution >= 4 is 39.6 Å². The van der Waals surface area contributed by atoms with Gasteiger partial charge >= 0.3 is 0 Å². The number of piperazine rings is 1. The molecule has 8 rings (SSSR count). The van der Waals surface area contributed by atoms with Crippen molar-refractivity contribution in [3.05, 3.63) is 79.0 Å². The van der Waals surface area contributed by atoms with E-state index in [-0.39, 0.29) is 11.9 Å². The van der Waals surface area contributed by atoms with E-state index >= 15 is 0 Å². The van der Waals surface area contributed by atoms with Gasteiger partial charge in [-0.25, -0.2) is 19.5 Å². The monoisotopic (exact) mass is 616 g/mol. The van der Waals surface area contributed by atoms with E-state index in [1.807, 2.05) is 54.4 Å². The second-order valence-electron chi connectivity index (χ2n) is 12.5. The highest BCUT2D eigenvalue weighted by atomic mass is 16.5. The first-order valence-corrected chi connectivity index (χ1v) is 16.0. The molecule has 234 valence electrons. The molecule has 1 amide bonds. The van der Waals surface area contributed by atoms with Crippen LogP contribution in [0.2, 0.25) is 0 Å². The first-order chi connectivity index (χ1) is 22.5. The van der Waals surface area contributed by atoms with E-state index in [0.29, 0.717) is 37.2 Å². The molecule has 2 aliphatic heterocycles. The number of aryl methyl sites for hydroxylation is 1. The van der Waals surface area contributed by atoms with Crippen molar-refractivity contribution in [2.24, 2.45) is 11.8 Å². The van der Waals surface area contributed by atoms with Crippen molar-refractivity contribution in [3.63, 3.8) is 0 Å². The molecule has 3 aromatic heterocycles. The third kappa shape index (κ3) is 5.25. The van der Waals surface area contributed by atoms with Crippen molar-refractivity contribution < 1.29 is 14.3 Å². The number of aromatic nitrogens is 5. The number of hydrogen-bond acceptors (Lipinski definition) is 9. The van der Waals surface area contributed by atoms with Crippen molar-refractivity contribution in [1.29, 1.82) is 0 Å². The molecule has 1 unspecified atom stereocenters. The van der Waals surface area contributed by atoms with E-state index < -0.39 is 0 Å². The van der Waals surface area contributed by atoms with E-state index in [9.17, 15) is 4.79 Å². The molecule has 5 aromatic rings. The summed E-state index contributed by atoms with van der Waals surface area (Å²) in [6.07, 6.45) is 12.5. The average Bonchev–Trinajstić information content (AvgIpc) is 3.53. The predicted molar refractivity (Wildman–Crippen MR) is 176 cm³/mol. The first kappa shape index (κ1) is 28.3. The topological polar surface area (TPSA) is 110 Å². The van der Waals surface area contributed by atoms with Crippen LogP contribution < -0.4 is 19.7 Å². The second kappa shape index (κ2) is 11.6. The van der Waals surface area contributed by atoms with Crippen LogP contribution in [0, 0.1) is 18.8 Å². The Labute approximate surface area is 266 Å². The fourth-order valence-electron chi connectivity index (χ4n) is 6.84. The smallest absolute Gasteiger partial charge is 0.246 e. The number of nitrogens with zero attached hydrogens (tertiary/aromatic N) is 7. The maximum Gasteiger partial charge on any atom is 0.246 e. The number of anilines is 3. The summed E-state index contributed by atoms with van der Waals surface area (Å²) in [5.74, 6) is 4.35. The summed E-state index contributed by atoms with van der Waals surface area (Å²) >= 11 is 0. The molecule has 1 aliphatic carbocycles. The minimum Gasteiger partial charge on any atom is -0.488 e. The van der Waals surface area contributed by atoms with Gasteiger partial charge in [0.15, 0.2) is 11.4 Å². The molecule has 1 saturated heterocycles. The van der Waals surface area contributed by atoms with Gasteiger partial charge in [-0.15, -0.1) is 0 Å². The molecule has 2 aromatic carbocycles. The van der Waals surface area contributed by atoms with Gasteiger partial charge in [-0.2, -0.15) is 5.10 Å². The van der Waals surface area contributed by atoms with E-state index in [1.165, 1.54) is 25.6 Å². The molecular weight excluding hydrogens is 580 g/mol. The third-order valence-corrected chi connectivity index (χ3v) is 9.54. The average molecular weight is 617 g/mol. The number of carbonyl (C=O) groups excluding carboxylic acids is 1. The summed E-state index contributed by atoms with van der Waals surface area (Å²) in [5.41, 5.74) is 4.37. The normalized spacial score (nSPS) is 20.7. The molecule has 0 spiro atoms. The van der Waals surface area contributed by atoms with Gasteiger partial charge in [-0.1, -0.05) is 19.4 Å². The summed E-state index contributed by atoms with van der Waals surface area (Å²) in [6.45, 7) is 6.80. The summed E-state index contributed by atoms with van der Waals surface area (Å²) in [5, 5.41) is 8.47. The van der Waals surface area contributed by atoms with Crippen LogP contribution in [0.25, 0.3) is 16.6 Å². The van der Waals surface area contributed by atoms with Gasteiger partial charge in [0.25, 0.3) is 0 Å². The number of fused-ring (bicyclic) bond motifs is 6. The van der Waals surface area contributed by atoms with E-state index in [2.05, 4.69) is 49.3 Å². The fourth-order valence-corrected chi connectivity index (χ4v) is 6.84. The van der Waals surface area contributed by atoms with Gasteiger partial charge in [0, 0.05) is 37.6 Å². The molecule has 0 radical (unpaired) electrons. The molecule has 11 heteroatoms. The molecule has 1 saturated carbocycles. The molecule has 46 heavy (non-hydrogen) atoms. The Kier molecular flexibility index (Phi) is 7.15. The highest BCUT2D eigenvalue weighted by Gasteiger charge is 2.35. The molecular formula is C35H36N8O3. The SMILES string of the molecule is CCC1CC(/C=C/C(=O)N2CCN3c4ccc5ncnc(Nc6ccc(Oc7ccn8ncnc8c7)c(C)c6)c5c4OCC3C2)C1. The van der Waals surface area contributed by atoms with Crippen molar-refractivity contribution in [2.75, 3.05) is 36.5 Å². The Morgan fingerprint density at radius 2 is 2.00 bits per heavy atom. The molecule has 1 N–H and O–H groups in total. The van der Waals surface area contributed by atoms with Crippen LogP contribution in [0.1, 0.15) is 31.7 Å². The lowest BCUT2D eigenvalue weighted by Gasteiger charge is -2.45. The van der Waals surface area contributed by atoms with Crippen LogP contribution in [0.3, 0.4) is 0 Å². The zero-order valence-electron chi connectivity index (χ0n) is 26.0. The highest BCUT2D eigenvalue weighted by Crippen LogP contribution is 2.43. The fraction of sp³-hybridized carbons (Fsp3) is 0.343. The van der Waals surface area contributed by atoms with Crippen molar-refractivity contribution in [3.8, 4) is 17.2 Å². The zero-order chi connectivity index (χ0) is 31.2. The van der Waals surface area contributed by atoms with E-state index in [4.69, 9.17) is 9.47 Å². The second-order valence-corrected chi connectivity index (χ2v) is 12.5. The Bertz CT molecular complexity index is 1970. The highest BCUT2D eigenvalue weighted by molar-refractivity contribution is 6.00. The molecule has 0 bridgehead atoms.